The zero-order valence-electron chi connectivity index (χ0n) is 14.0. The maximum Gasteiger partial charge on any atom is 0.341 e. The van der Waals surface area contributed by atoms with Crippen molar-refractivity contribution in [1.29, 1.82) is 0 Å². The van der Waals surface area contributed by atoms with Crippen LogP contribution in [0.4, 0.5) is 15.8 Å². The number of anilines is 2. The van der Waals surface area contributed by atoms with E-state index in [4.69, 9.17) is 21.4 Å². The van der Waals surface area contributed by atoms with E-state index in [9.17, 15) is 14.0 Å². The number of aliphatic hydroxyl groups excluding tert-OH is 1. The summed E-state index contributed by atoms with van der Waals surface area (Å²) in [5.41, 5.74) is 0.937. The van der Waals surface area contributed by atoms with Crippen molar-refractivity contribution in [3.8, 4) is 0 Å². The molecule has 0 saturated heterocycles. The molecule has 0 radical (unpaired) electrons. The Morgan fingerprint density at radius 1 is 1.23 bits per heavy atom. The second-order valence-electron chi connectivity index (χ2n) is 5.36. The lowest BCUT2D eigenvalue weighted by atomic mass is 10.1. The molecule has 0 saturated carbocycles. The van der Waals surface area contributed by atoms with E-state index in [1.807, 2.05) is 0 Å². The van der Waals surface area contributed by atoms with Gasteiger partial charge in [-0.05, 0) is 37.3 Å². The predicted octanol–water partition coefficient (Wildman–Crippen LogP) is 3.07. The SMILES string of the molecule is C[C@H](OC(=O)c1ccccc1NCCO)C(=O)Nc1ccc(F)cc1Cl. The number of esters is 1. The molecule has 0 unspecified atom stereocenters. The Morgan fingerprint density at radius 2 is 1.96 bits per heavy atom. The minimum atomic E-state index is -1.10. The summed E-state index contributed by atoms with van der Waals surface area (Å²) in [6, 6.07) is 10.1. The molecule has 2 rings (SSSR count). The average molecular weight is 381 g/mol. The summed E-state index contributed by atoms with van der Waals surface area (Å²) in [6.07, 6.45) is -1.10. The number of rotatable bonds is 7. The molecule has 8 heteroatoms. The molecule has 3 N–H and O–H groups in total. The largest absolute Gasteiger partial charge is 0.449 e. The maximum atomic E-state index is 13.0. The fourth-order valence-corrected chi connectivity index (χ4v) is 2.32. The minimum Gasteiger partial charge on any atom is -0.449 e. The van der Waals surface area contributed by atoms with Crippen LogP contribution in [0, 0.1) is 5.82 Å². The van der Waals surface area contributed by atoms with Crippen molar-refractivity contribution in [1.82, 2.24) is 0 Å². The summed E-state index contributed by atoms with van der Waals surface area (Å²) in [6.45, 7) is 1.58. The summed E-state index contributed by atoms with van der Waals surface area (Å²) >= 11 is 5.86. The zero-order chi connectivity index (χ0) is 19.1. The molecule has 26 heavy (non-hydrogen) atoms. The second kappa shape index (κ2) is 9.17. The topological polar surface area (TPSA) is 87.7 Å². The molecule has 0 aliphatic carbocycles. The number of para-hydroxylation sites is 1. The van der Waals surface area contributed by atoms with E-state index in [2.05, 4.69) is 10.6 Å². The first-order chi connectivity index (χ1) is 12.4. The van der Waals surface area contributed by atoms with E-state index in [-0.39, 0.29) is 29.4 Å². The van der Waals surface area contributed by atoms with Gasteiger partial charge in [0.1, 0.15) is 5.82 Å². The number of aliphatic hydroxyl groups is 1. The molecule has 0 spiro atoms. The molecule has 1 amide bonds. The van der Waals surface area contributed by atoms with Crippen molar-refractivity contribution in [2.24, 2.45) is 0 Å². The van der Waals surface area contributed by atoms with Crippen LogP contribution in [-0.2, 0) is 9.53 Å². The first kappa shape index (κ1) is 19.7. The summed E-state index contributed by atoms with van der Waals surface area (Å²) in [5, 5.41) is 14.3. The molecular weight excluding hydrogens is 363 g/mol. The van der Waals surface area contributed by atoms with Crippen LogP contribution in [0.25, 0.3) is 0 Å². The lowest BCUT2D eigenvalue weighted by Gasteiger charge is -2.16. The van der Waals surface area contributed by atoms with Gasteiger partial charge in [-0.2, -0.15) is 0 Å². The lowest BCUT2D eigenvalue weighted by Crippen LogP contribution is -2.30. The van der Waals surface area contributed by atoms with Crippen molar-refractivity contribution >= 4 is 34.9 Å². The van der Waals surface area contributed by atoms with Crippen LogP contribution in [0.3, 0.4) is 0 Å². The number of carbonyl (C=O) groups excluding carboxylic acids is 2. The van der Waals surface area contributed by atoms with Crippen LogP contribution < -0.4 is 10.6 Å². The number of amides is 1. The van der Waals surface area contributed by atoms with Crippen LogP contribution in [0.2, 0.25) is 5.02 Å². The number of hydrogen-bond acceptors (Lipinski definition) is 5. The van der Waals surface area contributed by atoms with Crippen LogP contribution in [-0.4, -0.2) is 36.2 Å². The van der Waals surface area contributed by atoms with Gasteiger partial charge in [0, 0.05) is 12.2 Å². The van der Waals surface area contributed by atoms with Gasteiger partial charge in [0.15, 0.2) is 6.10 Å². The van der Waals surface area contributed by atoms with Gasteiger partial charge in [0.2, 0.25) is 0 Å². The Bertz CT molecular complexity index is 801. The highest BCUT2D eigenvalue weighted by atomic mass is 35.5. The van der Waals surface area contributed by atoms with Crippen molar-refractivity contribution < 1.29 is 23.8 Å². The number of ether oxygens (including phenoxy) is 1. The first-order valence-electron chi connectivity index (χ1n) is 7.83. The Hall–Kier alpha value is -2.64. The van der Waals surface area contributed by atoms with E-state index < -0.39 is 23.8 Å². The van der Waals surface area contributed by atoms with Gasteiger partial charge in [-0.1, -0.05) is 23.7 Å². The molecule has 0 aliphatic heterocycles. The molecule has 0 aromatic heterocycles. The van der Waals surface area contributed by atoms with Gasteiger partial charge in [-0.3, -0.25) is 4.79 Å². The highest BCUT2D eigenvalue weighted by Crippen LogP contribution is 2.23. The number of halogens is 2. The Labute approximate surface area is 154 Å². The lowest BCUT2D eigenvalue weighted by molar-refractivity contribution is -0.123. The number of carbonyl (C=O) groups is 2. The molecule has 0 heterocycles. The van der Waals surface area contributed by atoms with Gasteiger partial charge in [0.25, 0.3) is 5.91 Å². The molecule has 138 valence electrons. The summed E-state index contributed by atoms with van der Waals surface area (Å²) < 4.78 is 18.2. The molecule has 1 atom stereocenters. The zero-order valence-corrected chi connectivity index (χ0v) is 14.7. The number of nitrogens with one attached hydrogen (secondary N) is 2. The maximum absolute atomic E-state index is 13.0. The highest BCUT2D eigenvalue weighted by molar-refractivity contribution is 6.33. The standard InChI is InChI=1S/C18H18ClFN2O4/c1-11(17(24)22-16-7-6-12(20)10-14(16)19)26-18(25)13-4-2-3-5-15(13)21-8-9-23/h2-7,10-11,21,23H,8-9H2,1H3,(H,22,24)/t11-/m0/s1. The smallest absolute Gasteiger partial charge is 0.341 e. The summed E-state index contributed by atoms with van der Waals surface area (Å²) in [5.74, 6) is -1.83. The Morgan fingerprint density at radius 3 is 2.65 bits per heavy atom. The molecule has 0 bridgehead atoms. The van der Waals surface area contributed by atoms with Gasteiger partial charge < -0.3 is 20.5 Å². The van der Waals surface area contributed by atoms with Gasteiger partial charge in [0.05, 0.1) is 22.9 Å². The summed E-state index contributed by atoms with van der Waals surface area (Å²) in [4.78, 5) is 24.5. The van der Waals surface area contributed by atoms with Gasteiger partial charge in [-0.25, -0.2) is 9.18 Å². The van der Waals surface area contributed by atoms with Crippen molar-refractivity contribution in [2.45, 2.75) is 13.0 Å². The van der Waals surface area contributed by atoms with Gasteiger partial charge >= 0.3 is 5.97 Å². The molecule has 6 nitrogen and oxygen atoms in total. The van der Waals surface area contributed by atoms with E-state index in [1.54, 1.807) is 24.3 Å². The van der Waals surface area contributed by atoms with Crippen molar-refractivity contribution in [3.05, 3.63) is 58.9 Å². The Balaban J connectivity index is 2.03. The normalized spacial score (nSPS) is 11.5. The van der Waals surface area contributed by atoms with Gasteiger partial charge in [-0.15, -0.1) is 0 Å². The van der Waals surface area contributed by atoms with Crippen LogP contribution >= 0.6 is 11.6 Å². The molecular formula is C18H18ClFN2O4. The molecule has 2 aromatic carbocycles. The third-order valence-electron chi connectivity index (χ3n) is 3.42. The van der Waals surface area contributed by atoms with Crippen molar-refractivity contribution in [3.63, 3.8) is 0 Å². The third kappa shape index (κ3) is 5.18. The predicted molar refractivity (Wildman–Crippen MR) is 96.9 cm³/mol. The van der Waals surface area contributed by atoms with Crippen LogP contribution in [0.15, 0.2) is 42.5 Å². The highest BCUT2D eigenvalue weighted by Gasteiger charge is 2.21. The quantitative estimate of drug-likeness (QED) is 0.642. The van der Waals surface area contributed by atoms with Crippen LogP contribution in [0.1, 0.15) is 17.3 Å². The third-order valence-corrected chi connectivity index (χ3v) is 3.73. The molecule has 0 aliphatic rings. The van der Waals surface area contributed by atoms with E-state index in [0.29, 0.717) is 5.69 Å². The Kier molecular flexibility index (Phi) is 6.94. The summed E-state index contributed by atoms with van der Waals surface area (Å²) in [7, 11) is 0. The average Bonchev–Trinajstić information content (AvgIpc) is 2.62. The minimum absolute atomic E-state index is 0.0374. The first-order valence-corrected chi connectivity index (χ1v) is 8.21. The monoisotopic (exact) mass is 380 g/mol. The molecule has 0 fully saturated rings. The number of benzene rings is 2. The fourth-order valence-electron chi connectivity index (χ4n) is 2.11. The van der Waals surface area contributed by atoms with Crippen LogP contribution in [0.5, 0.6) is 0 Å². The van der Waals surface area contributed by atoms with Crippen molar-refractivity contribution in [2.75, 3.05) is 23.8 Å². The van der Waals surface area contributed by atoms with E-state index in [1.165, 1.54) is 13.0 Å². The second-order valence-corrected chi connectivity index (χ2v) is 5.76. The molecule has 2 aromatic rings. The number of hydrogen-bond donors (Lipinski definition) is 3. The van der Waals surface area contributed by atoms with E-state index in [0.717, 1.165) is 12.1 Å². The van der Waals surface area contributed by atoms with E-state index >= 15 is 0 Å². The fraction of sp³-hybridized carbons (Fsp3) is 0.222.